The molecule has 0 bridgehead atoms. The van der Waals surface area contributed by atoms with Gasteiger partial charge in [0.2, 0.25) is 0 Å². The Hall–Kier alpha value is -1.15. The van der Waals surface area contributed by atoms with Gasteiger partial charge in [-0.1, -0.05) is 37.3 Å². The van der Waals surface area contributed by atoms with E-state index < -0.39 is 0 Å². The summed E-state index contributed by atoms with van der Waals surface area (Å²) in [4.78, 5) is 14.7. The van der Waals surface area contributed by atoms with E-state index in [0.29, 0.717) is 12.1 Å². The normalized spacial score (nSPS) is 13.3. The minimum atomic E-state index is 0.0391. The van der Waals surface area contributed by atoms with Crippen molar-refractivity contribution >= 4 is 5.78 Å². The molecule has 2 heteroatoms. The van der Waals surface area contributed by atoms with Gasteiger partial charge in [0.1, 0.15) is 0 Å². The van der Waals surface area contributed by atoms with Crippen molar-refractivity contribution in [3.63, 3.8) is 0 Å². The Morgan fingerprint density at radius 2 is 1.50 bits per heavy atom. The molecule has 0 aliphatic carbocycles. The molecule has 0 aromatic heterocycles. The van der Waals surface area contributed by atoms with Crippen molar-refractivity contribution < 1.29 is 4.79 Å². The highest BCUT2D eigenvalue weighted by molar-refractivity contribution is 5.97. The van der Waals surface area contributed by atoms with E-state index >= 15 is 0 Å². The number of rotatable bonds is 6. The Morgan fingerprint density at radius 1 is 1.00 bits per heavy atom. The molecule has 0 aliphatic heterocycles. The summed E-state index contributed by atoms with van der Waals surface area (Å²) >= 11 is 0. The van der Waals surface area contributed by atoms with Gasteiger partial charge in [0.15, 0.2) is 5.78 Å². The molecule has 0 amide bonds. The molecule has 100 valence electrons. The lowest BCUT2D eigenvalue weighted by molar-refractivity contribution is 0.0848. The van der Waals surface area contributed by atoms with Crippen molar-refractivity contribution in [1.29, 1.82) is 0 Å². The minimum Gasteiger partial charge on any atom is -0.298 e. The molecule has 0 fully saturated rings. The second-order valence-corrected chi connectivity index (χ2v) is 5.52. The van der Waals surface area contributed by atoms with Crippen molar-refractivity contribution in [3.05, 3.63) is 35.9 Å². The first-order chi connectivity index (χ1) is 8.43. The molecule has 1 aromatic rings. The minimum absolute atomic E-state index is 0.0391. The fourth-order valence-electron chi connectivity index (χ4n) is 2.30. The van der Waals surface area contributed by atoms with Gasteiger partial charge in [0, 0.05) is 30.1 Å². The molecule has 0 N–H and O–H groups in total. The van der Waals surface area contributed by atoms with E-state index in [-0.39, 0.29) is 11.7 Å². The number of hydrogen-bond acceptors (Lipinski definition) is 2. The lowest BCUT2D eigenvalue weighted by Gasteiger charge is -2.32. The maximum Gasteiger partial charge on any atom is 0.166 e. The van der Waals surface area contributed by atoms with Crippen LogP contribution < -0.4 is 0 Å². The summed E-state index contributed by atoms with van der Waals surface area (Å²) in [5, 5.41) is 0. The van der Waals surface area contributed by atoms with Crippen molar-refractivity contribution in [1.82, 2.24) is 4.90 Å². The van der Waals surface area contributed by atoms with E-state index in [2.05, 4.69) is 32.6 Å². The number of nitrogens with zero attached hydrogens (tertiary/aromatic N) is 1. The zero-order valence-corrected chi connectivity index (χ0v) is 12.2. The van der Waals surface area contributed by atoms with Crippen LogP contribution in [0.4, 0.5) is 0 Å². The molecule has 0 heterocycles. The van der Waals surface area contributed by atoms with Crippen LogP contribution in [-0.2, 0) is 0 Å². The molecule has 1 rings (SSSR count). The number of hydrogen-bond donors (Lipinski definition) is 0. The summed E-state index contributed by atoms with van der Waals surface area (Å²) in [6.07, 6.45) is 0. The molecular weight excluding hydrogens is 222 g/mol. The third kappa shape index (κ3) is 3.95. The summed E-state index contributed by atoms with van der Waals surface area (Å²) in [6, 6.07) is 10.5. The lowest BCUT2D eigenvalue weighted by Crippen LogP contribution is -2.41. The quantitative estimate of drug-likeness (QED) is 0.716. The van der Waals surface area contributed by atoms with Crippen molar-refractivity contribution in [2.75, 3.05) is 6.54 Å². The third-order valence-electron chi connectivity index (χ3n) is 3.32. The molecule has 0 saturated heterocycles. The van der Waals surface area contributed by atoms with Gasteiger partial charge in [-0.25, -0.2) is 0 Å². The first-order valence-corrected chi connectivity index (χ1v) is 6.78. The van der Waals surface area contributed by atoms with Crippen molar-refractivity contribution in [2.45, 2.75) is 46.7 Å². The summed E-state index contributed by atoms with van der Waals surface area (Å²) in [5.41, 5.74) is 0.817. The van der Waals surface area contributed by atoms with Crippen molar-refractivity contribution in [2.24, 2.45) is 5.92 Å². The molecule has 2 nitrogen and oxygen atoms in total. The van der Waals surface area contributed by atoms with Crippen LogP contribution >= 0.6 is 0 Å². The third-order valence-corrected chi connectivity index (χ3v) is 3.32. The van der Waals surface area contributed by atoms with Gasteiger partial charge in [-0.2, -0.15) is 0 Å². The molecule has 0 aliphatic rings. The average molecular weight is 247 g/mol. The summed E-state index contributed by atoms with van der Waals surface area (Å²) in [6.45, 7) is 11.6. The van der Waals surface area contributed by atoms with Crippen LogP contribution in [0.15, 0.2) is 30.3 Å². The van der Waals surface area contributed by atoms with Crippen LogP contribution in [0.1, 0.15) is 45.0 Å². The van der Waals surface area contributed by atoms with E-state index in [4.69, 9.17) is 0 Å². The first kappa shape index (κ1) is 14.9. The average Bonchev–Trinajstić information content (AvgIpc) is 2.35. The Bertz CT molecular complexity index is 362. The van der Waals surface area contributed by atoms with Crippen LogP contribution in [0.25, 0.3) is 0 Å². The van der Waals surface area contributed by atoms with Gasteiger partial charge >= 0.3 is 0 Å². The van der Waals surface area contributed by atoms with E-state index in [1.54, 1.807) is 0 Å². The fourth-order valence-corrected chi connectivity index (χ4v) is 2.30. The van der Waals surface area contributed by atoms with Gasteiger partial charge in [0.05, 0.1) is 0 Å². The largest absolute Gasteiger partial charge is 0.298 e. The number of carbonyl (C=O) groups excluding carboxylic acids is 1. The second-order valence-electron chi connectivity index (χ2n) is 5.52. The number of ketones is 1. The highest BCUT2D eigenvalue weighted by Gasteiger charge is 2.21. The Kier molecular flexibility index (Phi) is 5.54. The SMILES string of the molecule is CC(CN(C(C)C)C(C)C)C(=O)c1ccccc1. The molecule has 0 saturated carbocycles. The summed E-state index contributed by atoms with van der Waals surface area (Å²) < 4.78 is 0. The van der Waals surface area contributed by atoms with E-state index in [1.165, 1.54) is 0 Å². The first-order valence-electron chi connectivity index (χ1n) is 6.78. The predicted molar refractivity (Wildman–Crippen MR) is 76.9 cm³/mol. The highest BCUT2D eigenvalue weighted by atomic mass is 16.1. The van der Waals surface area contributed by atoms with Crippen LogP contribution in [0.2, 0.25) is 0 Å². The van der Waals surface area contributed by atoms with Gasteiger partial charge in [-0.05, 0) is 27.7 Å². The predicted octanol–water partition coefficient (Wildman–Crippen LogP) is 3.62. The molecule has 1 atom stereocenters. The van der Waals surface area contributed by atoms with Crippen LogP contribution in [-0.4, -0.2) is 29.3 Å². The van der Waals surface area contributed by atoms with E-state index in [1.807, 2.05) is 37.3 Å². The summed E-state index contributed by atoms with van der Waals surface area (Å²) in [5.74, 6) is 0.277. The topological polar surface area (TPSA) is 20.3 Å². The molecular formula is C16H25NO. The van der Waals surface area contributed by atoms with Crippen LogP contribution in [0, 0.1) is 5.92 Å². The molecule has 1 aromatic carbocycles. The smallest absolute Gasteiger partial charge is 0.166 e. The molecule has 0 radical (unpaired) electrons. The van der Waals surface area contributed by atoms with Crippen molar-refractivity contribution in [3.8, 4) is 0 Å². The van der Waals surface area contributed by atoms with Gasteiger partial charge < -0.3 is 0 Å². The Balaban J connectivity index is 2.70. The highest BCUT2D eigenvalue weighted by Crippen LogP contribution is 2.14. The number of benzene rings is 1. The van der Waals surface area contributed by atoms with Crippen LogP contribution in [0.3, 0.4) is 0 Å². The second kappa shape index (κ2) is 6.69. The Morgan fingerprint density at radius 3 is 1.94 bits per heavy atom. The zero-order chi connectivity index (χ0) is 13.7. The lowest BCUT2D eigenvalue weighted by atomic mass is 9.98. The fraction of sp³-hybridized carbons (Fsp3) is 0.562. The Labute approximate surface area is 111 Å². The summed E-state index contributed by atoms with van der Waals surface area (Å²) in [7, 11) is 0. The molecule has 1 unspecified atom stereocenters. The van der Waals surface area contributed by atoms with E-state index in [0.717, 1.165) is 12.1 Å². The van der Waals surface area contributed by atoms with Gasteiger partial charge in [0.25, 0.3) is 0 Å². The van der Waals surface area contributed by atoms with Gasteiger partial charge in [-0.15, -0.1) is 0 Å². The zero-order valence-electron chi connectivity index (χ0n) is 12.2. The molecule has 18 heavy (non-hydrogen) atoms. The monoisotopic (exact) mass is 247 g/mol. The van der Waals surface area contributed by atoms with Gasteiger partial charge in [-0.3, -0.25) is 9.69 Å². The van der Waals surface area contributed by atoms with E-state index in [9.17, 15) is 4.79 Å². The maximum atomic E-state index is 12.3. The van der Waals surface area contributed by atoms with Crippen LogP contribution in [0.5, 0.6) is 0 Å². The number of Topliss-reactive ketones (excluding diaryl/α,β-unsaturated/α-hetero) is 1. The maximum absolute atomic E-state index is 12.3. The standard InChI is InChI=1S/C16H25NO/c1-12(2)17(13(3)4)11-14(5)16(18)15-9-7-6-8-10-15/h6-10,12-14H,11H2,1-5H3. The molecule has 0 spiro atoms. The number of carbonyl (C=O) groups is 1.